The summed E-state index contributed by atoms with van der Waals surface area (Å²) in [5, 5.41) is 0. The summed E-state index contributed by atoms with van der Waals surface area (Å²) in [7, 11) is 0. The van der Waals surface area contributed by atoms with Crippen LogP contribution in [0.3, 0.4) is 0 Å². The van der Waals surface area contributed by atoms with Gasteiger partial charge in [0.1, 0.15) is 0 Å². The number of rotatable bonds is 4. The first-order valence-corrected chi connectivity index (χ1v) is 5.78. The monoisotopic (exact) mass is 218 g/mol. The second kappa shape index (κ2) is 5.12. The molecule has 1 aromatic rings. The highest BCUT2D eigenvalue weighted by Crippen LogP contribution is 2.20. The maximum absolute atomic E-state index is 10.8. The van der Waals surface area contributed by atoms with E-state index < -0.39 is 0 Å². The summed E-state index contributed by atoms with van der Waals surface area (Å²) in [6, 6.07) is 10.5. The van der Waals surface area contributed by atoms with E-state index in [0.29, 0.717) is 12.5 Å². The van der Waals surface area contributed by atoms with E-state index in [9.17, 15) is 4.79 Å². The van der Waals surface area contributed by atoms with E-state index in [1.807, 2.05) is 6.07 Å². The molecule has 0 aliphatic carbocycles. The predicted octanol–water partition coefficient (Wildman–Crippen LogP) is 1.04. The van der Waals surface area contributed by atoms with Crippen LogP contribution in [0.5, 0.6) is 0 Å². The first-order valence-electron chi connectivity index (χ1n) is 5.78. The molecule has 0 radical (unpaired) electrons. The van der Waals surface area contributed by atoms with Crippen LogP contribution in [-0.2, 0) is 11.2 Å². The molecule has 86 valence electrons. The van der Waals surface area contributed by atoms with Crippen LogP contribution in [0.1, 0.15) is 12.0 Å². The van der Waals surface area contributed by atoms with Gasteiger partial charge in [0.25, 0.3) is 0 Å². The minimum Gasteiger partial charge on any atom is -0.369 e. The Bertz CT molecular complexity index is 350. The van der Waals surface area contributed by atoms with Crippen LogP contribution in [0.2, 0.25) is 0 Å². The normalized spacial score (nSPS) is 21.1. The van der Waals surface area contributed by atoms with E-state index in [2.05, 4.69) is 29.2 Å². The summed E-state index contributed by atoms with van der Waals surface area (Å²) in [6.07, 6.45) is 2.28. The number of hydrogen-bond donors (Lipinski definition) is 1. The number of benzene rings is 1. The lowest BCUT2D eigenvalue weighted by Crippen LogP contribution is -2.32. The number of primary amides is 1. The van der Waals surface area contributed by atoms with Crippen molar-refractivity contribution in [2.45, 2.75) is 12.8 Å². The molecule has 1 saturated heterocycles. The second-order valence-corrected chi connectivity index (χ2v) is 4.55. The lowest BCUT2D eigenvalue weighted by molar-refractivity contribution is -0.118. The number of likely N-dealkylation sites (tertiary alicyclic amines) is 1. The Morgan fingerprint density at radius 3 is 2.81 bits per heavy atom. The number of hydrogen-bond acceptors (Lipinski definition) is 2. The van der Waals surface area contributed by atoms with Crippen molar-refractivity contribution in [1.82, 2.24) is 4.90 Å². The molecule has 1 amide bonds. The molecule has 16 heavy (non-hydrogen) atoms. The van der Waals surface area contributed by atoms with Gasteiger partial charge in [-0.2, -0.15) is 0 Å². The van der Waals surface area contributed by atoms with E-state index in [0.717, 1.165) is 19.5 Å². The molecule has 1 aliphatic heterocycles. The van der Waals surface area contributed by atoms with Gasteiger partial charge in [-0.1, -0.05) is 30.3 Å². The van der Waals surface area contributed by atoms with Crippen molar-refractivity contribution in [1.29, 1.82) is 0 Å². The highest BCUT2D eigenvalue weighted by Gasteiger charge is 2.23. The molecule has 1 fully saturated rings. The lowest BCUT2D eigenvalue weighted by atomic mass is 9.99. The fourth-order valence-electron chi connectivity index (χ4n) is 2.39. The van der Waals surface area contributed by atoms with Crippen LogP contribution in [0.25, 0.3) is 0 Å². The molecule has 1 heterocycles. The molecule has 0 bridgehead atoms. The van der Waals surface area contributed by atoms with Gasteiger partial charge in [-0.05, 0) is 30.9 Å². The van der Waals surface area contributed by atoms with E-state index in [-0.39, 0.29) is 5.91 Å². The first-order chi connectivity index (χ1) is 7.74. The van der Waals surface area contributed by atoms with Gasteiger partial charge in [-0.25, -0.2) is 0 Å². The maximum atomic E-state index is 10.8. The molecule has 1 aliphatic rings. The van der Waals surface area contributed by atoms with Crippen molar-refractivity contribution < 1.29 is 4.79 Å². The third-order valence-corrected chi connectivity index (χ3v) is 3.12. The zero-order chi connectivity index (χ0) is 11.4. The Morgan fingerprint density at radius 2 is 2.12 bits per heavy atom. The van der Waals surface area contributed by atoms with Crippen molar-refractivity contribution in [3.05, 3.63) is 35.9 Å². The molecular weight excluding hydrogens is 200 g/mol. The number of nitrogens with two attached hydrogens (primary N) is 1. The number of carbonyl (C=O) groups excluding carboxylic acids is 1. The molecule has 2 N–H and O–H groups in total. The summed E-state index contributed by atoms with van der Waals surface area (Å²) in [6.45, 7) is 2.41. The van der Waals surface area contributed by atoms with Gasteiger partial charge in [0.05, 0.1) is 6.54 Å². The zero-order valence-electron chi connectivity index (χ0n) is 9.43. The van der Waals surface area contributed by atoms with Crippen molar-refractivity contribution in [2.24, 2.45) is 11.7 Å². The molecular formula is C13H18N2O. The molecule has 1 atom stereocenters. The van der Waals surface area contributed by atoms with Gasteiger partial charge in [0.2, 0.25) is 5.91 Å². The number of amides is 1. The third-order valence-electron chi connectivity index (χ3n) is 3.12. The largest absolute Gasteiger partial charge is 0.369 e. The minimum atomic E-state index is -0.222. The van der Waals surface area contributed by atoms with Gasteiger partial charge in [-0.15, -0.1) is 0 Å². The third kappa shape index (κ3) is 3.07. The van der Waals surface area contributed by atoms with Crippen molar-refractivity contribution in [3.63, 3.8) is 0 Å². The quantitative estimate of drug-likeness (QED) is 0.820. The molecule has 3 nitrogen and oxygen atoms in total. The Labute approximate surface area is 96.2 Å². The standard InChI is InChI=1S/C13H18N2O/c14-13(16)10-15-7-6-12(9-15)8-11-4-2-1-3-5-11/h1-5,12H,6-10H2,(H2,14,16). The molecule has 3 heteroatoms. The SMILES string of the molecule is NC(=O)CN1CCC(Cc2ccccc2)C1. The second-order valence-electron chi connectivity index (χ2n) is 4.55. The molecule has 1 aromatic carbocycles. The fourth-order valence-corrected chi connectivity index (χ4v) is 2.39. The average molecular weight is 218 g/mol. The highest BCUT2D eigenvalue weighted by molar-refractivity contribution is 5.75. The van der Waals surface area contributed by atoms with Crippen molar-refractivity contribution in [3.8, 4) is 0 Å². The first kappa shape index (κ1) is 11.1. The summed E-state index contributed by atoms with van der Waals surface area (Å²) in [5.74, 6) is 0.446. The number of nitrogens with zero attached hydrogens (tertiary/aromatic N) is 1. The van der Waals surface area contributed by atoms with Crippen molar-refractivity contribution >= 4 is 5.91 Å². The predicted molar refractivity (Wildman–Crippen MR) is 63.9 cm³/mol. The average Bonchev–Trinajstić information content (AvgIpc) is 2.66. The molecule has 2 rings (SSSR count). The van der Waals surface area contributed by atoms with Crippen LogP contribution in [0, 0.1) is 5.92 Å². The maximum Gasteiger partial charge on any atom is 0.231 e. The van der Waals surface area contributed by atoms with Crippen LogP contribution in [-0.4, -0.2) is 30.4 Å². The Morgan fingerprint density at radius 1 is 1.38 bits per heavy atom. The van der Waals surface area contributed by atoms with Gasteiger partial charge < -0.3 is 5.73 Å². The smallest absolute Gasteiger partial charge is 0.231 e. The van der Waals surface area contributed by atoms with Gasteiger partial charge in [-0.3, -0.25) is 9.69 Å². The van der Waals surface area contributed by atoms with Crippen LogP contribution < -0.4 is 5.73 Å². The Hall–Kier alpha value is -1.35. The Kier molecular flexibility index (Phi) is 3.57. The molecule has 0 saturated carbocycles. The van der Waals surface area contributed by atoms with Gasteiger partial charge >= 0.3 is 0 Å². The molecule has 0 spiro atoms. The van der Waals surface area contributed by atoms with E-state index in [4.69, 9.17) is 5.73 Å². The molecule has 0 aromatic heterocycles. The van der Waals surface area contributed by atoms with Crippen LogP contribution >= 0.6 is 0 Å². The molecule has 1 unspecified atom stereocenters. The fraction of sp³-hybridized carbons (Fsp3) is 0.462. The minimum absolute atomic E-state index is 0.222. The lowest BCUT2D eigenvalue weighted by Gasteiger charge is -2.13. The summed E-state index contributed by atoms with van der Waals surface area (Å²) in [5.41, 5.74) is 6.57. The van der Waals surface area contributed by atoms with Gasteiger partial charge in [0.15, 0.2) is 0 Å². The summed E-state index contributed by atoms with van der Waals surface area (Å²) >= 11 is 0. The van der Waals surface area contributed by atoms with Crippen molar-refractivity contribution in [2.75, 3.05) is 19.6 Å². The number of carbonyl (C=O) groups is 1. The summed E-state index contributed by atoms with van der Waals surface area (Å²) in [4.78, 5) is 12.9. The summed E-state index contributed by atoms with van der Waals surface area (Å²) < 4.78 is 0. The Balaban J connectivity index is 1.83. The van der Waals surface area contributed by atoms with E-state index in [1.54, 1.807) is 0 Å². The van der Waals surface area contributed by atoms with Crippen LogP contribution in [0.4, 0.5) is 0 Å². The van der Waals surface area contributed by atoms with E-state index >= 15 is 0 Å². The zero-order valence-corrected chi connectivity index (χ0v) is 9.43. The highest BCUT2D eigenvalue weighted by atomic mass is 16.1. The van der Waals surface area contributed by atoms with Crippen LogP contribution in [0.15, 0.2) is 30.3 Å². The van der Waals surface area contributed by atoms with E-state index in [1.165, 1.54) is 12.0 Å². The van der Waals surface area contributed by atoms with Gasteiger partial charge in [0, 0.05) is 6.54 Å². The topological polar surface area (TPSA) is 46.3 Å².